The van der Waals surface area contributed by atoms with Gasteiger partial charge in [0.2, 0.25) is 10.0 Å². The summed E-state index contributed by atoms with van der Waals surface area (Å²) in [5.74, 6) is 1.48. The number of rotatable bonds is 6. The minimum atomic E-state index is -3.49. The summed E-state index contributed by atoms with van der Waals surface area (Å²) in [5.41, 5.74) is 2.74. The molecule has 7 nitrogen and oxygen atoms in total. The fraction of sp³-hybridized carbons (Fsp3) is 0.304. The molecule has 0 radical (unpaired) electrons. The number of para-hydroxylation sites is 1. The smallest absolute Gasteiger partial charge is 0.243 e. The van der Waals surface area contributed by atoms with Crippen LogP contribution in [0, 0.1) is 0 Å². The van der Waals surface area contributed by atoms with Crippen molar-refractivity contribution in [2.45, 2.75) is 18.2 Å². The van der Waals surface area contributed by atoms with Gasteiger partial charge in [-0.2, -0.15) is 4.31 Å². The second-order valence-corrected chi connectivity index (χ2v) is 9.30. The van der Waals surface area contributed by atoms with Crippen LogP contribution in [0.5, 0.6) is 5.75 Å². The predicted molar refractivity (Wildman–Crippen MR) is 121 cm³/mol. The molecule has 2 heterocycles. The number of hydrogen-bond donors (Lipinski definition) is 0. The van der Waals surface area contributed by atoms with Gasteiger partial charge in [-0.15, -0.1) is 10.2 Å². The number of ether oxygens (including phenoxy) is 1. The van der Waals surface area contributed by atoms with E-state index in [0.717, 1.165) is 34.8 Å². The standard InChI is InChI=1S/C23H26N4O3S/c1-3-18-8-10-19(11-9-18)31(28,29)27-16-14-26(15-17-27)23-13-12-21(24-25-23)20-6-4-5-7-22(20)30-2/h4-13H,3,14-17H2,1-2H3. The maximum absolute atomic E-state index is 13.0. The van der Waals surface area contributed by atoms with Gasteiger partial charge in [-0.1, -0.05) is 31.2 Å². The van der Waals surface area contributed by atoms with Gasteiger partial charge in [0.05, 0.1) is 17.7 Å². The van der Waals surface area contributed by atoms with E-state index in [1.54, 1.807) is 23.5 Å². The molecule has 4 rings (SSSR count). The Balaban J connectivity index is 1.43. The van der Waals surface area contributed by atoms with E-state index < -0.39 is 10.0 Å². The topological polar surface area (TPSA) is 75.6 Å². The molecule has 1 fully saturated rings. The zero-order valence-corrected chi connectivity index (χ0v) is 18.5. The number of aryl methyl sites for hydroxylation is 1. The molecule has 0 amide bonds. The molecule has 1 aromatic heterocycles. The van der Waals surface area contributed by atoms with E-state index in [1.165, 1.54) is 0 Å². The molecular weight excluding hydrogens is 412 g/mol. The van der Waals surface area contributed by atoms with Crippen LogP contribution in [0.15, 0.2) is 65.6 Å². The van der Waals surface area contributed by atoms with Crippen molar-refractivity contribution in [3.63, 3.8) is 0 Å². The Morgan fingerprint density at radius 3 is 2.23 bits per heavy atom. The van der Waals surface area contributed by atoms with Crippen LogP contribution in [0.4, 0.5) is 5.82 Å². The molecule has 0 spiro atoms. The zero-order chi connectivity index (χ0) is 21.8. The number of aromatic nitrogens is 2. The maximum atomic E-state index is 13.0. The molecule has 3 aromatic rings. The molecule has 0 atom stereocenters. The minimum absolute atomic E-state index is 0.346. The van der Waals surface area contributed by atoms with E-state index in [9.17, 15) is 8.42 Å². The van der Waals surface area contributed by atoms with E-state index in [1.807, 2.05) is 48.5 Å². The molecule has 0 aliphatic carbocycles. The van der Waals surface area contributed by atoms with Crippen molar-refractivity contribution >= 4 is 15.8 Å². The van der Waals surface area contributed by atoms with Crippen molar-refractivity contribution in [3.05, 3.63) is 66.2 Å². The van der Waals surface area contributed by atoms with Crippen LogP contribution < -0.4 is 9.64 Å². The Bertz CT molecular complexity index is 1120. The molecule has 31 heavy (non-hydrogen) atoms. The summed E-state index contributed by atoms with van der Waals surface area (Å²) in [6.45, 7) is 4.00. The summed E-state index contributed by atoms with van der Waals surface area (Å²) in [4.78, 5) is 2.41. The van der Waals surface area contributed by atoms with Crippen LogP contribution in [0.3, 0.4) is 0 Å². The van der Waals surface area contributed by atoms with Crippen LogP contribution >= 0.6 is 0 Å². The van der Waals surface area contributed by atoms with Crippen LogP contribution in [0.25, 0.3) is 11.3 Å². The van der Waals surface area contributed by atoms with Crippen molar-refractivity contribution in [2.24, 2.45) is 0 Å². The van der Waals surface area contributed by atoms with Gasteiger partial charge in [0.25, 0.3) is 0 Å². The van der Waals surface area contributed by atoms with Gasteiger partial charge >= 0.3 is 0 Å². The first-order valence-electron chi connectivity index (χ1n) is 10.3. The SMILES string of the molecule is CCc1ccc(S(=O)(=O)N2CCN(c3ccc(-c4ccccc4OC)nn3)CC2)cc1. The first-order chi connectivity index (χ1) is 15.0. The molecule has 0 unspecified atom stereocenters. The van der Waals surface area contributed by atoms with Crippen molar-refractivity contribution in [1.29, 1.82) is 0 Å². The molecule has 0 bridgehead atoms. The number of anilines is 1. The van der Waals surface area contributed by atoms with Gasteiger partial charge in [0.1, 0.15) is 5.75 Å². The summed E-state index contributed by atoms with van der Waals surface area (Å²) in [5, 5.41) is 8.73. The second kappa shape index (κ2) is 9.03. The highest BCUT2D eigenvalue weighted by molar-refractivity contribution is 7.89. The largest absolute Gasteiger partial charge is 0.496 e. The van der Waals surface area contributed by atoms with Gasteiger partial charge in [-0.05, 0) is 48.4 Å². The lowest BCUT2D eigenvalue weighted by Gasteiger charge is -2.34. The molecule has 1 aliphatic heterocycles. The summed E-state index contributed by atoms with van der Waals surface area (Å²) in [6.07, 6.45) is 0.885. The molecule has 8 heteroatoms. The number of benzene rings is 2. The highest BCUT2D eigenvalue weighted by Crippen LogP contribution is 2.28. The molecule has 0 N–H and O–H groups in total. The average molecular weight is 439 g/mol. The van der Waals surface area contributed by atoms with Gasteiger partial charge < -0.3 is 9.64 Å². The minimum Gasteiger partial charge on any atom is -0.496 e. The van der Waals surface area contributed by atoms with E-state index >= 15 is 0 Å². The third-order valence-corrected chi connectivity index (χ3v) is 7.48. The molecule has 1 saturated heterocycles. The van der Waals surface area contributed by atoms with Crippen LogP contribution in [-0.2, 0) is 16.4 Å². The number of piperazine rings is 1. The van der Waals surface area contributed by atoms with Gasteiger partial charge in [-0.3, -0.25) is 0 Å². The lowest BCUT2D eigenvalue weighted by Crippen LogP contribution is -2.49. The summed E-state index contributed by atoms with van der Waals surface area (Å²) < 4.78 is 32.9. The van der Waals surface area contributed by atoms with Crippen molar-refractivity contribution < 1.29 is 13.2 Å². The fourth-order valence-corrected chi connectivity index (χ4v) is 5.12. The third kappa shape index (κ3) is 4.40. The maximum Gasteiger partial charge on any atom is 0.243 e. The van der Waals surface area contributed by atoms with Crippen molar-refractivity contribution in [1.82, 2.24) is 14.5 Å². The summed E-state index contributed by atoms with van der Waals surface area (Å²) >= 11 is 0. The quantitative estimate of drug-likeness (QED) is 0.588. The first-order valence-corrected chi connectivity index (χ1v) is 11.8. The van der Waals surface area contributed by atoms with E-state index in [-0.39, 0.29) is 0 Å². The Hall–Kier alpha value is -2.97. The first kappa shape index (κ1) is 21.3. The number of hydrogen-bond acceptors (Lipinski definition) is 6. The van der Waals surface area contributed by atoms with Crippen LogP contribution in [-0.4, -0.2) is 56.2 Å². The van der Waals surface area contributed by atoms with Crippen molar-refractivity contribution in [3.8, 4) is 17.0 Å². The molecule has 1 aliphatic rings. The molecule has 0 saturated carbocycles. The Morgan fingerprint density at radius 2 is 1.61 bits per heavy atom. The van der Waals surface area contributed by atoms with E-state index in [2.05, 4.69) is 22.0 Å². The van der Waals surface area contributed by atoms with E-state index in [0.29, 0.717) is 31.1 Å². The van der Waals surface area contributed by atoms with Crippen molar-refractivity contribution in [2.75, 3.05) is 38.2 Å². The number of nitrogens with zero attached hydrogens (tertiary/aromatic N) is 4. The fourth-order valence-electron chi connectivity index (χ4n) is 3.70. The summed E-state index contributed by atoms with van der Waals surface area (Å²) in [6, 6.07) is 18.7. The highest BCUT2D eigenvalue weighted by atomic mass is 32.2. The molecule has 162 valence electrons. The molecular formula is C23H26N4O3S. The van der Waals surface area contributed by atoms with Crippen LogP contribution in [0.1, 0.15) is 12.5 Å². The van der Waals surface area contributed by atoms with E-state index in [4.69, 9.17) is 4.74 Å². The Labute approximate surface area is 183 Å². The molecule has 2 aromatic carbocycles. The highest BCUT2D eigenvalue weighted by Gasteiger charge is 2.29. The number of methoxy groups -OCH3 is 1. The number of sulfonamides is 1. The van der Waals surface area contributed by atoms with Gasteiger partial charge in [-0.25, -0.2) is 8.42 Å². The second-order valence-electron chi connectivity index (χ2n) is 7.37. The predicted octanol–water partition coefficient (Wildman–Crippen LogP) is 3.23. The Morgan fingerprint density at radius 1 is 0.903 bits per heavy atom. The lowest BCUT2D eigenvalue weighted by atomic mass is 10.1. The van der Waals surface area contributed by atoms with Gasteiger partial charge in [0.15, 0.2) is 5.82 Å². The summed E-state index contributed by atoms with van der Waals surface area (Å²) in [7, 11) is -1.86. The van der Waals surface area contributed by atoms with Gasteiger partial charge in [0, 0.05) is 31.7 Å². The van der Waals surface area contributed by atoms with Crippen LogP contribution in [0.2, 0.25) is 0 Å². The zero-order valence-electron chi connectivity index (χ0n) is 17.7. The lowest BCUT2D eigenvalue weighted by molar-refractivity contribution is 0.383. The Kier molecular flexibility index (Phi) is 6.20. The third-order valence-electron chi connectivity index (χ3n) is 5.57. The monoisotopic (exact) mass is 438 g/mol. The normalized spacial score (nSPS) is 15.1. The average Bonchev–Trinajstić information content (AvgIpc) is 2.84.